The Morgan fingerprint density at radius 1 is 1.09 bits per heavy atom. The Kier molecular flexibility index (Phi) is 5.61. The predicted molar refractivity (Wildman–Crippen MR) is 128 cm³/mol. The molecule has 0 bridgehead atoms. The monoisotopic (exact) mass is 464 g/mol. The molecule has 0 saturated carbocycles. The van der Waals surface area contributed by atoms with E-state index in [1.807, 2.05) is 42.5 Å². The van der Waals surface area contributed by atoms with Gasteiger partial charge in [0.2, 0.25) is 5.95 Å². The number of nitrogens with two attached hydrogens (primary N) is 1. The number of alkyl halides is 3. The zero-order valence-corrected chi connectivity index (χ0v) is 18.2. The molecular formula is C25H23F3N6. The molecule has 9 heteroatoms. The highest BCUT2D eigenvalue weighted by molar-refractivity contribution is 5.77. The topological polar surface area (TPSA) is 79.1 Å². The first kappa shape index (κ1) is 21.8. The maximum Gasteiger partial charge on any atom is 0.416 e. The van der Waals surface area contributed by atoms with Gasteiger partial charge in [-0.2, -0.15) is 23.1 Å². The molecule has 34 heavy (non-hydrogen) atoms. The molecule has 0 saturated heterocycles. The largest absolute Gasteiger partial charge is 0.416 e. The molecular weight excluding hydrogens is 441 g/mol. The molecule has 2 aliphatic heterocycles. The minimum Gasteiger partial charge on any atom is -0.368 e. The second-order valence-corrected chi connectivity index (χ2v) is 8.31. The number of allylic oxidation sites excluding steroid dienone is 2. The van der Waals surface area contributed by atoms with Crippen LogP contribution in [0.1, 0.15) is 22.3 Å². The lowest BCUT2D eigenvalue weighted by molar-refractivity contribution is -0.137. The summed E-state index contributed by atoms with van der Waals surface area (Å²) in [5, 5.41) is 6.60. The molecule has 1 unspecified atom stereocenters. The summed E-state index contributed by atoms with van der Waals surface area (Å²) in [6.45, 7) is 0.940. The maximum atomic E-state index is 13.2. The standard InChI is InChI=1S/C25H23F3N6/c26-25(27,28)18-8-5-6-16(12-18)14-34-15-19(13-17-7-1-2-10-21(17)34)31-23-20-9-3-4-11-30-22(20)32-24(29)33-23/h1-12,19H,13-15H2,(H4,29,30,31,32,33). The fourth-order valence-corrected chi connectivity index (χ4v) is 4.39. The minimum atomic E-state index is -4.37. The van der Waals surface area contributed by atoms with Crippen LogP contribution in [0, 0.1) is 0 Å². The van der Waals surface area contributed by atoms with Gasteiger partial charge in [0.15, 0.2) is 0 Å². The van der Waals surface area contributed by atoms with Gasteiger partial charge >= 0.3 is 6.18 Å². The van der Waals surface area contributed by atoms with Gasteiger partial charge in [-0.05, 0) is 47.9 Å². The number of halogens is 3. The summed E-state index contributed by atoms with van der Waals surface area (Å²) in [6, 6.07) is 13.4. The van der Waals surface area contributed by atoms with Crippen LogP contribution in [0.25, 0.3) is 6.08 Å². The lowest BCUT2D eigenvalue weighted by Crippen LogP contribution is -2.42. The lowest BCUT2D eigenvalue weighted by Gasteiger charge is -2.37. The van der Waals surface area contributed by atoms with Crippen molar-refractivity contribution in [3.63, 3.8) is 0 Å². The maximum absolute atomic E-state index is 13.2. The van der Waals surface area contributed by atoms with Crippen molar-refractivity contribution in [1.29, 1.82) is 0 Å². The van der Waals surface area contributed by atoms with Crippen LogP contribution in [0.4, 0.5) is 36.4 Å². The molecule has 0 aliphatic carbocycles. The Bertz CT molecular complexity index is 1270. The van der Waals surface area contributed by atoms with Crippen molar-refractivity contribution in [1.82, 2.24) is 9.97 Å². The van der Waals surface area contributed by atoms with Crippen molar-refractivity contribution in [3.05, 3.63) is 89.1 Å². The molecule has 174 valence electrons. The molecule has 6 nitrogen and oxygen atoms in total. The van der Waals surface area contributed by atoms with Gasteiger partial charge in [0.25, 0.3) is 0 Å². The summed E-state index contributed by atoms with van der Waals surface area (Å²) in [7, 11) is 0. The van der Waals surface area contributed by atoms with Crippen LogP contribution in [0.5, 0.6) is 0 Å². The van der Waals surface area contributed by atoms with Crippen molar-refractivity contribution in [2.45, 2.75) is 25.2 Å². The van der Waals surface area contributed by atoms with Gasteiger partial charge < -0.3 is 21.3 Å². The van der Waals surface area contributed by atoms with Crippen molar-refractivity contribution in [2.75, 3.05) is 27.8 Å². The fraction of sp³-hybridized carbons (Fsp3) is 0.200. The highest BCUT2D eigenvalue weighted by Gasteiger charge is 2.31. The van der Waals surface area contributed by atoms with Crippen LogP contribution in [0.15, 0.2) is 66.9 Å². The van der Waals surface area contributed by atoms with Crippen LogP contribution in [-0.2, 0) is 19.1 Å². The van der Waals surface area contributed by atoms with Gasteiger partial charge in [-0.15, -0.1) is 0 Å². The van der Waals surface area contributed by atoms with Gasteiger partial charge in [0.1, 0.15) is 11.6 Å². The van der Waals surface area contributed by atoms with Gasteiger partial charge in [0.05, 0.1) is 11.1 Å². The van der Waals surface area contributed by atoms with Gasteiger partial charge in [0, 0.05) is 31.0 Å². The number of hydrogen-bond donors (Lipinski definition) is 3. The molecule has 5 rings (SSSR count). The van der Waals surface area contributed by atoms with E-state index in [-0.39, 0.29) is 12.0 Å². The van der Waals surface area contributed by atoms with Crippen molar-refractivity contribution in [2.24, 2.45) is 0 Å². The number of aromatic nitrogens is 2. The normalized spacial score (nSPS) is 16.9. The summed E-state index contributed by atoms with van der Waals surface area (Å²) in [6.07, 6.45) is 3.79. The van der Waals surface area contributed by atoms with Crippen LogP contribution in [0.2, 0.25) is 0 Å². The number of benzene rings is 2. The number of nitrogen functional groups attached to an aromatic ring is 1. The first-order valence-corrected chi connectivity index (χ1v) is 10.9. The first-order chi connectivity index (χ1) is 16.4. The van der Waals surface area contributed by atoms with E-state index in [1.165, 1.54) is 12.1 Å². The summed E-state index contributed by atoms with van der Waals surface area (Å²) in [4.78, 5) is 10.8. The molecule has 0 fully saturated rings. The van der Waals surface area contributed by atoms with E-state index >= 15 is 0 Å². The summed E-state index contributed by atoms with van der Waals surface area (Å²) in [5.74, 6) is 1.37. The molecule has 0 radical (unpaired) electrons. The van der Waals surface area contributed by atoms with E-state index < -0.39 is 11.7 Å². The van der Waals surface area contributed by atoms with Crippen molar-refractivity contribution < 1.29 is 13.2 Å². The van der Waals surface area contributed by atoms with Crippen LogP contribution in [-0.4, -0.2) is 22.6 Å². The fourth-order valence-electron chi connectivity index (χ4n) is 4.39. The highest BCUT2D eigenvalue weighted by Crippen LogP contribution is 2.33. The van der Waals surface area contributed by atoms with Crippen LogP contribution in [0.3, 0.4) is 0 Å². The SMILES string of the molecule is Nc1nc2c(c(NC3Cc4ccccc4N(Cc4cccc(C(F)(F)F)c4)C3)n1)C=CC=CN2. The van der Waals surface area contributed by atoms with E-state index in [0.717, 1.165) is 29.3 Å². The van der Waals surface area contributed by atoms with Gasteiger partial charge in [-0.25, -0.2) is 0 Å². The number of nitrogens with one attached hydrogen (secondary N) is 2. The Labute approximate surface area is 195 Å². The molecule has 2 aliphatic rings. The second-order valence-electron chi connectivity index (χ2n) is 8.31. The first-order valence-electron chi connectivity index (χ1n) is 10.9. The van der Waals surface area contributed by atoms with Crippen LogP contribution < -0.4 is 21.3 Å². The average Bonchev–Trinajstić information content (AvgIpc) is 3.04. The molecule has 4 N–H and O–H groups in total. The third-order valence-corrected chi connectivity index (χ3v) is 5.86. The number of rotatable bonds is 4. The summed E-state index contributed by atoms with van der Waals surface area (Å²) in [5.41, 5.74) is 8.83. The Hall–Kier alpha value is -4.01. The molecule has 0 spiro atoms. The third kappa shape index (κ3) is 4.54. The lowest BCUT2D eigenvalue weighted by atomic mass is 9.96. The number of hydrogen-bond acceptors (Lipinski definition) is 6. The number of fused-ring (bicyclic) bond motifs is 2. The Morgan fingerprint density at radius 3 is 2.79 bits per heavy atom. The van der Waals surface area contributed by atoms with Crippen molar-refractivity contribution in [3.8, 4) is 0 Å². The highest BCUT2D eigenvalue weighted by atomic mass is 19.4. The third-order valence-electron chi connectivity index (χ3n) is 5.86. The zero-order valence-electron chi connectivity index (χ0n) is 18.2. The zero-order chi connectivity index (χ0) is 23.7. The molecule has 3 heterocycles. The van der Waals surface area contributed by atoms with E-state index in [0.29, 0.717) is 30.3 Å². The van der Waals surface area contributed by atoms with Crippen molar-refractivity contribution >= 4 is 29.3 Å². The molecule has 2 aromatic carbocycles. The summed E-state index contributed by atoms with van der Waals surface area (Å²) >= 11 is 0. The molecule has 3 aromatic rings. The molecule has 1 aromatic heterocycles. The Balaban J connectivity index is 1.43. The number of anilines is 4. The predicted octanol–water partition coefficient (Wildman–Crippen LogP) is 5.07. The summed E-state index contributed by atoms with van der Waals surface area (Å²) < 4.78 is 39.7. The molecule has 0 amide bonds. The quantitative estimate of drug-likeness (QED) is 0.500. The van der Waals surface area contributed by atoms with E-state index in [2.05, 4.69) is 25.5 Å². The number of para-hydroxylation sites is 1. The van der Waals surface area contributed by atoms with Gasteiger partial charge in [-0.1, -0.05) is 36.4 Å². The number of nitrogens with zero attached hydrogens (tertiary/aromatic N) is 3. The van der Waals surface area contributed by atoms with E-state index in [1.54, 1.807) is 12.3 Å². The van der Waals surface area contributed by atoms with Gasteiger partial charge in [-0.3, -0.25) is 0 Å². The smallest absolute Gasteiger partial charge is 0.368 e. The van der Waals surface area contributed by atoms with E-state index in [4.69, 9.17) is 5.73 Å². The minimum absolute atomic E-state index is 0.0382. The molecule has 1 atom stereocenters. The Morgan fingerprint density at radius 2 is 1.94 bits per heavy atom. The average molecular weight is 464 g/mol. The van der Waals surface area contributed by atoms with E-state index in [9.17, 15) is 13.2 Å². The second kappa shape index (κ2) is 8.74. The van der Waals surface area contributed by atoms with Crippen LogP contribution >= 0.6 is 0 Å².